The van der Waals surface area contributed by atoms with Crippen molar-refractivity contribution in [2.24, 2.45) is 0 Å². The van der Waals surface area contributed by atoms with E-state index in [-0.39, 0.29) is 51.4 Å². The summed E-state index contributed by atoms with van der Waals surface area (Å²) >= 11 is -1.87. The quantitative estimate of drug-likeness (QED) is 0.590. The summed E-state index contributed by atoms with van der Waals surface area (Å²) in [6.45, 7) is 3.57. The smallest absolute Gasteiger partial charge is 0.186 e. The van der Waals surface area contributed by atoms with Crippen LogP contribution in [0.1, 0.15) is 5.56 Å². The summed E-state index contributed by atoms with van der Waals surface area (Å²) in [6, 6.07) is 6.70. The van der Waals surface area contributed by atoms with Gasteiger partial charge in [-0.3, -0.25) is 0 Å². The molecule has 1 unspecified atom stereocenters. The molecule has 0 bridgehead atoms. The van der Waals surface area contributed by atoms with Crippen molar-refractivity contribution in [2.45, 2.75) is 4.90 Å². The van der Waals surface area contributed by atoms with Crippen LogP contribution in [0.3, 0.4) is 0 Å². The zero-order chi connectivity index (χ0) is 8.27. The Kier molecular flexibility index (Phi) is 6.57. The first-order chi connectivity index (χ1) is 5.24. The van der Waals surface area contributed by atoms with Crippen molar-refractivity contribution in [1.82, 2.24) is 0 Å². The molecule has 0 fully saturated rings. The Morgan fingerprint density at radius 1 is 1.33 bits per heavy atom. The van der Waals surface area contributed by atoms with Gasteiger partial charge in [0, 0.05) is 51.4 Å². The van der Waals surface area contributed by atoms with E-state index in [4.69, 9.17) is 4.55 Å². The van der Waals surface area contributed by atoms with Gasteiger partial charge < -0.3 is 4.55 Å². The van der Waals surface area contributed by atoms with E-state index in [2.05, 4.69) is 6.58 Å². The van der Waals surface area contributed by atoms with E-state index in [1.54, 1.807) is 30.3 Å². The van der Waals surface area contributed by atoms with E-state index < -0.39 is 11.1 Å². The van der Waals surface area contributed by atoms with E-state index in [0.29, 0.717) is 4.90 Å². The molecule has 1 aromatic rings. The SMILES string of the molecule is C=Cc1ccc(S(=O)O)cc1.[K]. The van der Waals surface area contributed by atoms with Gasteiger partial charge >= 0.3 is 0 Å². The number of hydrogen-bond acceptors (Lipinski definition) is 1. The molecule has 2 nitrogen and oxygen atoms in total. The largest absolute Gasteiger partial charge is 0.302 e. The maximum absolute atomic E-state index is 10.5. The molecule has 0 saturated carbocycles. The predicted molar refractivity (Wildman–Crippen MR) is 51.3 cm³/mol. The second kappa shape index (κ2) is 6.20. The first-order valence-corrected chi connectivity index (χ1v) is 4.18. The molecule has 0 heterocycles. The fourth-order valence-electron chi connectivity index (χ4n) is 0.720. The fourth-order valence-corrected chi connectivity index (χ4v) is 1.09. The molecule has 1 rings (SSSR count). The van der Waals surface area contributed by atoms with Gasteiger partial charge in [0.15, 0.2) is 11.1 Å². The van der Waals surface area contributed by atoms with E-state index >= 15 is 0 Å². The molecule has 59 valence electrons. The summed E-state index contributed by atoms with van der Waals surface area (Å²) in [5, 5.41) is 0. The van der Waals surface area contributed by atoms with E-state index in [0.717, 1.165) is 5.56 Å². The molecule has 0 spiro atoms. The minimum Gasteiger partial charge on any atom is -0.302 e. The van der Waals surface area contributed by atoms with Gasteiger partial charge in [-0.2, -0.15) is 0 Å². The maximum atomic E-state index is 10.5. The van der Waals surface area contributed by atoms with Crippen LogP contribution >= 0.6 is 0 Å². The van der Waals surface area contributed by atoms with Crippen LogP contribution in [0.4, 0.5) is 0 Å². The van der Waals surface area contributed by atoms with Crippen molar-refractivity contribution in [3.05, 3.63) is 36.4 Å². The average molecular weight is 207 g/mol. The monoisotopic (exact) mass is 207 g/mol. The van der Waals surface area contributed by atoms with Crippen LogP contribution in [-0.2, 0) is 11.1 Å². The van der Waals surface area contributed by atoms with Gasteiger partial charge in [-0.05, 0) is 17.7 Å². The minimum absolute atomic E-state index is 0. The Balaban J connectivity index is 0.00000121. The Bertz CT molecular complexity index is 282. The molecule has 0 aliphatic rings. The van der Waals surface area contributed by atoms with Crippen molar-refractivity contribution in [3.63, 3.8) is 0 Å². The molecule has 0 aliphatic heterocycles. The molecular formula is C8H8KO2S. The summed E-state index contributed by atoms with van der Waals surface area (Å²) in [5.41, 5.74) is 0.944. The molecular weight excluding hydrogens is 199 g/mol. The molecule has 1 radical (unpaired) electrons. The van der Waals surface area contributed by atoms with Gasteiger partial charge in [-0.1, -0.05) is 24.8 Å². The molecule has 1 N–H and O–H groups in total. The van der Waals surface area contributed by atoms with Crippen LogP contribution in [0, 0.1) is 0 Å². The second-order valence-electron chi connectivity index (χ2n) is 2.02. The van der Waals surface area contributed by atoms with Crippen molar-refractivity contribution >= 4 is 68.5 Å². The zero-order valence-electron chi connectivity index (χ0n) is 6.86. The van der Waals surface area contributed by atoms with Gasteiger partial charge in [-0.25, -0.2) is 4.21 Å². The topological polar surface area (TPSA) is 37.3 Å². The Hall–Kier alpha value is 0.706. The van der Waals surface area contributed by atoms with Crippen molar-refractivity contribution < 1.29 is 8.76 Å². The molecule has 0 saturated heterocycles. The molecule has 4 heteroatoms. The molecule has 0 amide bonds. The van der Waals surface area contributed by atoms with Gasteiger partial charge in [-0.15, -0.1) is 0 Å². The molecule has 0 aromatic heterocycles. The third-order valence-electron chi connectivity index (χ3n) is 1.32. The molecule has 1 aromatic carbocycles. The Morgan fingerprint density at radius 3 is 2.17 bits per heavy atom. The summed E-state index contributed by atoms with van der Waals surface area (Å²) in [5.74, 6) is 0. The Morgan fingerprint density at radius 2 is 1.83 bits per heavy atom. The Labute approximate surface area is 117 Å². The van der Waals surface area contributed by atoms with Crippen molar-refractivity contribution in [1.29, 1.82) is 0 Å². The van der Waals surface area contributed by atoms with Gasteiger partial charge in [0.05, 0.1) is 4.90 Å². The zero-order valence-corrected chi connectivity index (χ0v) is 10.8. The number of hydrogen-bond donors (Lipinski definition) is 1. The summed E-state index contributed by atoms with van der Waals surface area (Å²) in [7, 11) is 0. The second-order valence-corrected chi connectivity index (χ2v) is 2.99. The fraction of sp³-hybridized carbons (Fsp3) is 0. The van der Waals surface area contributed by atoms with Crippen LogP contribution < -0.4 is 0 Å². The van der Waals surface area contributed by atoms with E-state index in [1.807, 2.05) is 0 Å². The van der Waals surface area contributed by atoms with Crippen molar-refractivity contribution in [2.75, 3.05) is 0 Å². The normalized spacial score (nSPS) is 11.4. The first kappa shape index (κ1) is 12.7. The number of rotatable bonds is 2. The van der Waals surface area contributed by atoms with Crippen LogP contribution in [0.25, 0.3) is 6.08 Å². The molecule has 0 aliphatic carbocycles. The standard InChI is InChI=1S/C8H8O2S.K/c1-2-7-3-5-8(6-4-7)11(9)10;/h2-6H,1H2,(H,9,10);. The summed E-state index contributed by atoms with van der Waals surface area (Å²) in [6.07, 6.45) is 1.68. The van der Waals surface area contributed by atoms with Crippen LogP contribution in [0.2, 0.25) is 0 Å². The van der Waals surface area contributed by atoms with E-state index in [9.17, 15) is 4.21 Å². The van der Waals surface area contributed by atoms with Crippen LogP contribution in [0.15, 0.2) is 35.7 Å². The molecule has 1 atom stereocenters. The maximum Gasteiger partial charge on any atom is 0.186 e. The summed E-state index contributed by atoms with van der Waals surface area (Å²) in [4.78, 5) is 0.413. The average Bonchev–Trinajstić information content (AvgIpc) is 2.05. The van der Waals surface area contributed by atoms with Gasteiger partial charge in [0.1, 0.15) is 0 Å². The van der Waals surface area contributed by atoms with Crippen LogP contribution in [-0.4, -0.2) is 60.1 Å². The third kappa shape index (κ3) is 3.61. The number of benzene rings is 1. The molecule has 12 heavy (non-hydrogen) atoms. The third-order valence-corrected chi connectivity index (χ3v) is 1.99. The first-order valence-electron chi connectivity index (χ1n) is 3.07. The van der Waals surface area contributed by atoms with Gasteiger partial charge in [0.2, 0.25) is 0 Å². The van der Waals surface area contributed by atoms with Crippen LogP contribution in [0.5, 0.6) is 0 Å². The predicted octanol–water partition coefficient (Wildman–Crippen LogP) is 1.53. The van der Waals surface area contributed by atoms with Gasteiger partial charge in [0.25, 0.3) is 0 Å². The summed E-state index contributed by atoms with van der Waals surface area (Å²) < 4.78 is 19.1. The van der Waals surface area contributed by atoms with Crippen molar-refractivity contribution in [3.8, 4) is 0 Å². The minimum atomic E-state index is -1.87. The van der Waals surface area contributed by atoms with E-state index in [1.165, 1.54) is 0 Å².